The summed E-state index contributed by atoms with van der Waals surface area (Å²) in [6.07, 6.45) is 0. The zero-order chi connectivity index (χ0) is 25.2. The second kappa shape index (κ2) is 7.11. The van der Waals surface area contributed by atoms with Crippen LogP contribution in [0.1, 0.15) is 0 Å². The Kier molecular flexibility index (Phi) is 3.93. The molecule has 7 aromatic carbocycles. The monoisotopic (exact) mass is 516 g/mol. The highest BCUT2D eigenvalue weighted by Crippen LogP contribution is 2.49. The van der Waals surface area contributed by atoms with E-state index in [4.69, 9.17) is 0 Å². The van der Waals surface area contributed by atoms with Crippen molar-refractivity contribution in [3.05, 3.63) is 109 Å². The quantitative estimate of drug-likeness (QED) is 0.139. The number of thiophene rings is 1. The molecule has 1 aliphatic rings. The average Bonchev–Trinajstić information content (AvgIpc) is 3.46. The van der Waals surface area contributed by atoms with Crippen LogP contribution in [-0.2, 0) is 0 Å². The fraction of sp³-hybridized carbons (Fsp3) is 0.0556. The van der Waals surface area contributed by atoms with Crippen molar-refractivity contribution in [3.8, 4) is 11.1 Å². The van der Waals surface area contributed by atoms with Gasteiger partial charge in [0.15, 0.2) is 0 Å². The molecule has 1 aliphatic heterocycles. The minimum absolute atomic E-state index is 1.34. The van der Waals surface area contributed by atoms with Crippen molar-refractivity contribution in [1.29, 1.82) is 0 Å². The van der Waals surface area contributed by atoms with Gasteiger partial charge in [0.1, 0.15) is 8.07 Å². The molecular weight excluding hydrogens is 493 g/mol. The molecule has 0 unspecified atom stereocenters. The third-order valence-electron chi connectivity index (χ3n) is 9.00. The maximum absolute atomic E-state index is 2.54. The summed E-state index contributed by atoms with van der Waals surface area (Å²) in [5.41, 5.74) is 2.91. The number of rotatable bonds is 0. The van der Waals surface area contributed by atoms with E-state index in [-0.39, 0.29) is 0 Å². The van der Waals surface area contributed by atoms with Crippen LogP contribution >= 0.6 is 11.3 Å². The Morgan fingerprint density at radius 1 is 0.421 bits per heavy atom. The van der Waals surface area contributed by atoms with E-state index in [1.165, 1.54) is 74.4 Å². The third-order valence-corrected chi connectivity index (χ3v) is 14.0. The van der Waals surface area contributed by atoms with Crippen molar-refractivity contribution in [2.75, 3.05) is 0 Å². The molecular formula is C36H24SSi. The lowest BCUT2D eigenvalue weighted by Crippen LogP contribution is -2.49. The van der Waals surface area contributed by atoms with Crippen LogP contribution in [0.3, 0.4) is 0 Å². The Balaban J connectivity index is 1.61. The van der Waals surface area contributed by atoms with E-state index in [0.29, 0.717) is 0 Å². The van der Waals surface area contributed by atoms with Gasteiger partial charge in [-0.1, -0.05) is 122 Å². The van der Waals surface area contributed by atoms with Gasteiger partial charge in [-0.05, 0) is 59.2 Å². The van der Waals surface area contributed by atoms with E-state index in [1.807, 2.05) is 11.3 Å². The van der Waals surface area contributed by atoms with E-state index in [2.05, 4.69) is 122 Å². The molecule has 1 aromatic heterocycles. The largest absolute Gasteiger partial charge is 0.135 e. The summed E-state index contributed by atoms with van der Waals surface area (Å²) in [6, 6.07) is 41.1. The van der Waals surface area contributed by atoms with Gasteiger partial charge >= 0.3 is 0 Å². The molecule has 0 fully saturated rings. The summed E-state index contributed by atoms with van der Waals surface area (Å²) in [5.74, 6) is 0. The Morgan fingerprint density at radius 2 is 0.947 bits per heavy atom. The van der Waals surface area contributed by atoms with Crippen LogP contribution in [0.4, 0.5) is 0 Å². The lowest BCUT2D eigenvalue weighted by atomic mass is 9.89. The van der Waals surface area contributed by atoms with Crippen molar-refractivity contribution < 1.29 is 0 Å². The number of hydrogen-bond acceptors (Lipinski definition) is 1. The third kappa shape index (κ3) is 2.41. The van der Waals surface area contributed by atoms with Gasteiger partial charge in [-0.2, -0.15) is 0 Å². The topological polar surface area (TPSA) is 0 Å². The minimum Gasteiger partial charge on any atom is -0.135 e. The van der Waals surface area contributed by atoms with Crippen LogP contribution in [0, 0.1) is 0 Å². The van der Waals surface area contributed by atoms with Crippen LogP contribution < -0.4 is 10.4 Å². The predicted molar refractivity (Wildman–Crippen MR) is 172 cm³/mol. The lowest BCUT2D eigenvalue weighted by molar-refractivity contribution is 1.73. The smallest absolute Gasteiger partial charge is 0.115 e. The Bertz CT molecular complexity index is 2320. The molecule has 2 heterocycles. The summed E-state index contributed by atoms with van der Waals surface area (Å²) < 4.78 is 2.94. The Hall–Kier alpha value is -3.98. The standard InChI is InChI=1S/C36H24SSi/c1-38(2)30-18-10-9-13-23(30)28-19-20-29-32-27-17-8-7-16-26(27)31-24-14-5-3-11-21(24)22-12-4-6-15-25(22)33(31)35(32)37-34(29)36(28)38/h3-20H,1-2H3. The maximum atomic E-state index is 2.54. The number of benzene rings is 7. The fourth-order valence-electron chi connectivity index (χ4n) is 7.42. The van der Waals surface area contributed by atoms with Crippen LogP contribution in [0.25, 0.3) is 74.4 Å². The molecule has 0 N–H and O–H groups in total. The molecule has 9 rings (SSSR count). The zero-order valence-electron chi connectivity index (χ0n) is 21.3. The minimum atomic E-state index is -1.83. The SMILES string of the molecule is C[Si]1(C)c2ccccc2-c2ccc3c(sc4c3c3ccccc3c3c5ccccc5c5ccccc5c43)c21. The molecule has 0 saturated carbocycles. The summed E-state index contributed by atoms with van der Waals surface area (Å²) in [6.45, 7) is 5.08. The second-order valence-electron chi connectivity index (χ2n) is 11.2. The summed E-state index contributed by atoms with van der Waals surface area (Å²) in [5, 5.41) is 17.0. The van der Waals surface area contributed by atoms with Crippen molar-refractivity contribution in [2.45, 2.75) is 13.1 Å². The van der Waals surface area contributed by atoms with Gasteiger partial charge in [-0.3, -0.25) is 0 Å². The highest BCUT2D eigenvalue weighted by molar-refractivity contribution is 7.29. The molecule has 178 valence electrons. The van der Waals surface area contributed by atoms with Gasteiger partial charge < -0.3 is 0 Å². The molecule has 0 nitrogen and oxygen atoms in total. The predicted octanol–water partition coefficient (Wildman–Crippen LogP) is 9.47. The highest BCUT2D eigenvalue weighted by Gasteiger charge is 2.39. The number of fused-ring (bicyclic) bond motifs is 17. The fourth-order valence-corrected chi connectivity index (χ4v) is 12.9. The van der Waals surface area contributed by atoms with E-state index in [0.717, 1.165) is 0 Å². The van der Waals surface area contributed by atoms with E-state index >= 15 is 0 Å². The Morgan fingerprint density at radius 3 is 1.63 bits per heavy atom. The van der Waals surface area contributed by atoms with Gasteiger partial charge in [0, 0.05) is 25.6 Å². The molecule has 0 amide bonds. The molecule has 0 radical (unpaired) electrons. The zero-order valence-corrected chi connectivity index (χ0v) is 23.1. The van der Waals surface area contributed by atoms with Gasteiger partial charge in [0.25, 0.3) is 0 Å². The van der Waals surface area contributed by atoms with Crippen LogP contribution in [0.5, 0.6) is 0 Å². The number of hydrogen-bond donors (Lipinski definition) is 0. The van der Waals surface area contributed by atoms with Crippen LogP contribution in [0.15, 0.2) is 109 Å². The molecule has 2 heteroatoms. The second-order valence-corrected chi connectivity index (χ2v) is 16.5. The Labute approximate surface area is 225 Å². The summed E-state index contributed by atoms with van der Waals surface area (Å²) >= 11 is 2.04. The molecule has 0 bridgehead atoms. The first-order chi connectivity index (χ1) is 18.6. The first-order valence-electron chi connectivity index (χ1n) is 13.4. The van der Waals surface area contributed by atoms with Crippen molar-refractivity contribution >= 4 is 93.0 Å². The van der Waals surface area contributed by atoms with Crippen molar-refractivity contribution in [3.63, 3.8) is 0 Å². The van der Waals surface area contributed by atoms with Gasteiger partial charge in [-0.15, -0.1) is 11.3 Å². The van der Waals surface area contributed by atoms with Gasteiger partial charge in [0.2, 0.25) is 0 Å². The highest BCUT2D eigenvalue weighted by atomic mass is 32.1. The van der Waals surface area contributed by atoms with Crippen molar-refractivity contribution in [1.82, 2.24) is 0 Å². The summed E-state index contributed by atoms with van der Waals surface area (Å²) in [7, 11) is -1.83. The van der Waals surface area contributed by atoms with Crippen LogP contribution in [-0.4, -0.2) is 8.07 Å². The van der Waals surface area contributed by atoms with E-state index in [1.54, 1.807) is 10.4 Å². The van der Waals surface area contributed by atoms with E-state index in [9.17, 15) is 0 Å². The molecule has 0 aliphatic carbocycles. The normalized spacial score (nSPS) is 14.3. The molecule has 38 heavy (non-hydrogen) atoms. The maximum Gasteiger partial charge on any atom is 0.115 e. The van der Waals surface area contributed by atoms with Gasteiger partial charge in [0.05, 0.1) is 0 Å². The van der Waals surface area contributed by atoms with E-state index < -0.39 is 8.07 Å². The summed E-state index contributed by atoms with van der Waals surface area (Å²) in [4.78, 5) is 0. The molecule has 0 saturated heterocycles. The molecule has 0 spiro atoms. The first kappa shape index (κ1) is 21.0. The lowest BCUT2D eigenvalue weighted by Gasteiger charge is -2.19. The average molecular weight is 517 g/mol. The van der Waals surface area contributed by atoms with Gasteiger partial charge in [-0.25, -0.2) is 0 Å². The van der Waals surface area contributed by atoms with Crippen LogP contribution in [0.2, 0.25) is 13.1 Å². The molecule has 8 aromatic rings. The molecule has 0 atom stereocenters. The first-order valence-corrected chi connectivity index (χ1v) is 17.2. The van der Waals surface area contributed by atoms with Crippen molar-refractivity contribution in [2.24, 2.45) is 0 Å².